The van der Waals surface area contributed by atoms with E-state index in [0.717, 1.165) is 30.1 Å². The SMILES string of the molecule is CN=C(NCCc1ccc(Cl)nc1)NCc1ccc(OC)nc1.I. The molecule has 0 bridgehead atoms. The molecule has 0 fully saturated rings. The minimum Gasteiger partial charge on any atom is -0.481 e. The van der Waals surface area contributed by atoms with Gasteiger partial charge in [0.25, 0.3) is 0 Å². The van der Waals surface area contributed by atoms with Crippen molar-refractivity contribution in [1.82, 2.24) is 20.6 Å². The van der Waals surface area contributed by atoms with Crippen molar-refractivity contribution in [3.8, 4) is 5.88 Å². The highest BCUT2D eigenvalue weighted by atomic mass is 127. The first kappa shape index (κ1) is 20.4. The largest absolute Gasteiger partial charge is 0.481 e. The Morgan fingerprint density at radius 3 is 2.46 bits per heavy atom. The monoisotopic (exact) mass is 461 g/mol. The molecule has 0 aliphatic rings. The summed E-state index contributed by atoms with van der Waals surface area (Å²) >= 11 is 5.77. The highest BCUT2D eigenvalue weighted by molar-refractivity contribution is 14.0. The number of aromatic nitrogens is 2. The Morgan fingerprint density at radius 1 is 1.12 bits per heavy atom. The van der Waals surface area contributed by atoms with Crippen LogP contribution in [0.1, 0.15) is 11.1 Å². The molecule has 0 saturated carbocycles. The van der Waals surface area contributed by atoms with Crippen LogP contribution in [0.25, 0.3) is 0 Å². The number of guanidine groups is 1. The van der Waals surface area contributed by atoms with Gasteiger partial charge < -0.3 is 15.4 Å². The van der Waals surface area contributed by atoms with E-state index in [1.165, 1.54) is 0 Å². The Hall–Kier alpha value is -1.61. The van der Waals surface area contributed by atoms with Crippen molar-refractivity contribution in [2.45, 2.75) is 13.0 Å². The zero-order valence-electron chi connectivity index (χ0n) is 13.6. The van der Waals surface area contributed by atoms with E-state index in [1.807, 2.05) is 18.2 Å². The van der Waals surface area contributed by atoms with Crippen molar-refractivity contribution in [3.05, 3.63) is 52.9 Å². The Bertz CT molecular complexity index is 634. The molecule has 24 heavy (non-hydrogen) atoms. The maximum Gasteiger partial charge on any atom is 0.212 e. The second kappa shape index (κ2) is 11.0. The van der Waals surface area contributed by atoms with E-state index in [2.05, 4.69) is 25.6 Å². The average molecular weight is 462 g/mol. The standard InChI is InChI=1S/C16H20ClN5O.HI/c1-18-16(19-8-7-12-3-5-14(17)20-9-12)22-11-13-4-6-15(23-2)21-10-13;/h3-6,9-10H,7-8,11H2,1-2H3,(H2,18,19,22);1H. The molecule has 0 aliphatic heterocycles. The maximum atomic E-state index is 5.77. The highest BCUT2D eigenvalue weighted by Gasteiger charge is 2.00. The maximum absolute atomic E-state index is 5.77. The fraction of sp³-hybridized carbons (Fsp3) is 0.312. The predicted molar refractivity (Wildman–Crippen MR) is 107 cm³/mol. The van der Waals surface area contributed by atoms with Crippen molar-refractivity contribution in [2.24, 2.45) is 4.99 Å². The molecular formula is C16H21ClIN5O. The van der Waals surface area contributed by atoms with Crippen molar-refractivity contribution >= 4 is 41.5 Å². The van der Waals surface area contributed by atoms with Crippen LogP contribution in [-0.2, 0) is 13.0 Å². The Kier molecular flexibility index (Phi) is 9.39. The lowest BCUT2D eigenvalue weighted by Crippen LogP contribution is -2.37. The number of hydrogen-bond acceptors (Lipinski definition) is 4. The van der Waals surface area contributed by atoms with Gasteiger partial charge >= 0.3 is 0 Å². The van der Waals surface area contributed by atoms with Gasteiger partial charge in [-0.1, -0.05) is 23.7 Å². The Labute approximate surface area is 164 Å². The molecule has 0 aliphatic carbocycles. The topological polar surface area (TPSA) is 71.4 Å². The molecule has 0 amide bonds. The van der Waals surface area contributed by atoms with Crippen LogP contribution < -0.4 is 15.4 Å². The number of nitrogens with one attached hydrogen (secondary N) is 2. The lowest BCUT2D eigenvalue weighted by molar-refractivity contribution is 0.397. The van der Waals surface area contributed by atoms with Crippen LogP contribution in [0.4, 0.5) is 0 Å². The third-order valence-corrected chi connectivity index (χ3v) is 3.41. The van der Waals surface area contributed by atoms with Gasteiger partial charge in [0.2, 0.25) is 5.88 Å². The van der Waals surface area contributed by atoms with Crippen molar-refractivity contribution in [2.75, 3.05) is 20.7 Å². The summed E-state index contributed by atoms with van der Waals surface area (Å²) in [5.41, 5.74) is 2.17. The van der Waals surface area contributed by atoms with Gasteiger partial charge in [-0.3, -0.25) is 4.99 Å². The normalized spacial score (nSPS) is 10.7. The number of methoxy groups -OCH3 is 1. The van der Waals surface area contributed by atoms with E-state index in [4.69, 9.17) is 16.3 Å². The van der Waals surface area contributed by atoms with Gasteiger partial charge in [0, 0.05) is 38.6 Å². The van der Waals surface area contributed by atoms with Gasteiger partial charge in [-0.25, -0.2) is 9.97 Å². The molecule has 6 nitrogen and oxygen atoms in total. The summed E-state index contributed by atoms with van der Waals surface area (Å²) in [6.07, 6.45) is 4.40. The quantitative estimate of drug-likeness (QED) is 0.300. The van der Waals surface area contributed by atoms with Gasteiger partial charge in [-0.15, -0.1) is 24.0 Å². The minimum atomic E-state index is 0. The number of pyridine rings is 2. The fourth-order valence-electron chi connectivity index (χ4n) is 1.92. The number of nitrogens with zero attached hydrogens (tertiary/aromatic N) is 3. The van der Waals surface area contributed by atoms with Crippen LogP contribution in [-0.4, -0.2) is 36.6 Å². The Morgan fingerprint density at radius 2 is 1.88 bits per heavy atom. The molecule has 0 aromatic carbocycles. The van der Waals surface area contributed by atoms with E-state index < -0.39 is 0 Å². The summed E-state index contributed by atoms with van der Waals surface area (Å²) in [6, 6.07) is 7.56. The van der Waals surface area contributed by atoms with Gasteiger partial charge in [-0.2, -0.15) is 0 Å². The molecule has 130 valence electrons. The third-order valence-electron chi connectivity index (χ3n) is 3.19. The number of aliphatic imine (C=N–C) groups is 1. The van der Waals surface area contributed by atoms with E-state index in [-0.39, 0.29) is 24.0 Å². The first-order valence-corrected chi connectivity index (χ1v) is 7.63. The fourth-order valence-corrected chi connectivity index (χ4v) is 2.03. The van der Waals surface area contributed by atoms with Gasteiger partial charge in [-0.05, 0) is 23.6 Å². The van der Waals surface area contributed by atoms with Crippen LogP contribution in [0.5, 0.6) is 5.88 Å². The molecule has 0 unspecified atom stereocenters. The summed E-state index contributed by atoms with van der Waals surface area (Å²) in [4.78, 5) is 12.4. The van der Waals surface area contributed by atoms with E-state index in [0.29, 0.717) is 17.6 Å². The smallest absolute Gasteiger partial charge is 0.212 e. The second-order valence-corrected chi connectivity index (χ2v) is 5.19. The van der Waals surface area contributed by atoms with Crippen molar-refractivity contribution in [1.29, 1.82) is 0 Å². The number of halogens is 2. The first-order valence-electron chi connectivity index (χ1n) is 7.25. The zero-order chi connectivity index (χ0) is 16.5. The van der Waals surface area contributed by atoms with Gasteiger partial charge in [0.1, 0.15) is 5.15 Å². The molecule has 2 heterocycles. The van der Waals surface area contributed by atoms with E-state index >= 15 is 0 Å². The summed E-state index contributed by atoms with van der Waals surface area (Å²) in [5, 5.41) is 7.00. The van der Waals surface area contributed by atoms with Gasteiger partial charge in [0.15, 0.2) is 5.96 Å². The van der Waals surface area contributed by atoms with Crippen LogP contribution in [0.15, 0.2) is 41.7 Å². The first-order chi connectivity index (χ1) is 11.2. The Balaban J connectivity index is 0.00000288. The average Bonchev–Trinajstić information content (AvgIpc) is 2.60. The number of hydrogen-bond donors (Lipinski definition) is 2. The third kappa shape index (κ3) is 6.88. The van der Waals surface area contributed by atoms with E-state index in [9.17, 15) is 0 Å². The predicted octanol–water partition coefficient (Wildman–Crippen LogP) is 2.66. The number of ether oxygens (including phenoxy) is 1. The lowest BCUT2D eigenvalue weighted by Gasteiger charge is -2.12. The van der Waals surface area contributed by atoms with Crippen LogP contribution in [0, 0.1) is 0 Å². The lowest BCUT2D eigenvalue weighted by atomic mass is 10.2. The number of rotatable bonds is 6. The van der Waals surface area contributed by atoms with Gasteiger partial charge in [0.05, 0.1) is 7.11 Å². The molecular weight excluding hydrogens is 441 g/mol. The molecule has 2 N–H and O–H groups in total. The second-order valence-electron chi connectivity index (χ2n) is 4.80. The molecule has 2 aromatic heterocycles. The van der Waals surface area contributed by atoms with Crippen molar-refractivity contribution < 1.29 is 4.74 Å². The molecule has 2 rings (SSSR count). The minimum absolute atomic E-state index is 0. The molecule has 0 radical (unpaired) electrons. The summed E-state index contributed by atoms with van der Waals surface area (Å²) < 4.78 is 5.04. The highest BCUT2D eigenvalue weighted by Crippen LogP contribution is 2.06. The molecule has 0 spiro atoms. The van der Waals surface area contributed by atoms with E-state index in [1.54, 1.807) is 32.6 Å². The zero-order valence-corrected chi connectivity index (χ0v) is 16.7. The van der Waals surface area contributed by atoms with Crippen LogP contribution in [0.3, 0.4) is 0 Å². The van der Waals surface area contributed by atoms with Crippen LogP contribution in [0.2, 0.25) is 5.15 Å². The summed E-state index contributed by atoms with van der Waals surface area (Å²) in [7, 11) is 3.34. The summed E-state index contributed by atoms with van der Waals surface area (Å²) in [5.74, 6) is 1.34. The van der Waals surface area contributed by atoms with Crippen LogP contribution >= 0.6 is 35.6 Å². The molecule has 0 saturated heterocycles. The summed E-state index contributed by atoms with van der Waals surface area (Å²) in [6.45, 7) is 1.39. The van der Waals surface area contributed by atoms with Crippen molar-refractivity contribution in [3.63, 3.8) is 0 Å². The molecule has 2 aromatic rings. The molecule has 0 atom stereocenters. The molecule has 8 heteroatoms.